The predicted molar refractivity (Wildman–Crippen MR) is 92.0 cm³/mol. The van der Waals surface area contributed by atoms with Gasteiger partial charge in [-0.25, -0.2) is 5.43 Å². The highest BCUT2D eigenvalue weighted by Crippen LogP contribution is 2.24. The van der Waals surface area contributed by atoms with Crippen LogP contribution in [0.4, 0.5) is 11.4 Å². The number of benzene rings is 1. The average Bonchev–Trinajstić information content (AvgIpc) is 2.49. The Bertz CT molecular complexity index is 639. The molecule has 0 saturated heterocycles. The second-order valence-electron chi connectivity index (χ2n) is 6.12. The zero-order chi connectivity index (χ0) is 17.0. The van der Waals surface area contributed by atoms with Crippen LogP contribution in [-0.2, 0) is 9.59 Å². The molecule has 1 heterocycles. The zero-order valence-corrected chi connectivity index (χ0v) is 13.8. The lowest BCUT2D eigenvalue weighted by Crippen LogP contribution is -2.32. The zero-order valence-electron chi connectivity index (χ0n) is 13.8. The smallest absolute Gasteiger partial charge is 0.240 e. The SMILES string of the molecule is CCCC(C)C(=O)Nc1ccc(C2=NNC(=O)CC2C)cc1N. The number of nitrogens with one attached hydrogen (secondary N) is 2. The van der Waals surface area contributed by atoms with Gasteiger partial charge >= 0.3 is 0 Å². The summed E-state index contributed by atoms with van der Waals surface area (Å²) in [6.07, 6.45) is 2.22. The molecule has 0 bridgehead atoms. The second kappa shape index (κ2) is 7.26. The molecule has 0 radical (unpaired) electrons. The summed E-state index contributed by atoms with van der Waals surface area (Å²) in [6.45, 7) is 5.91. The first-order valence-electron chi connectivity index (χ1n) is 7.99. The summed E-state index contributed by atoms with van der Waals surface area (Å²) in [4.78, 5) is 23.4. The topological polar surface area (TPSA) is 96.6 Å². The largest absolute Gasteiger partial charge is 0.397 e. The first kappa shape index (κ1) is 17.0. The third-order valence-corrected chi connectivity index (χ3v) is 4.03. The average molecular weight is 316 g/mol. The minimum Gasteiger partial charge on any atom is -0.397 e. The Morgan fingerprint density at radius 2 is 2.26 bits per heavy atom. The van der Waals surface area contributed by atoms with Gasteiger partial charge in [0.05, 0.1) is 17.1 Å². The number of nitrogen functional groups attached to an aromatic ring is 1. The number of rotatable bonds is 5. The Balaban J connectivity index is 2.15. The van der Waals surface area contributed by atoms with E-state index in [1.54, 1.807) is 12.1 Å². The summed E-state index contributed by atoms with van der Waals surface area (Å²) in [5, 5.41) is 6.99. The summed E-state index contributed by atoms with van der Waals surface area (Å²) in [6, 6.07) is 5.43. The van der Waals surface area contributed by atoms with Crippen LogP contribution in [0.5, 0.6) is 0 Å². The molecular formula is C17H24N4O2. The summed E-state index contributed by atoms with van der Waals surface area (Å²) < 4.78 is 0. The number of carbonyl (C=O) groups excluding carboxylic acids is 2. The van der Waals surface area contributed by atoms with Gasteiger partial charge in [-0.15, -0.1) is 0 Å². The molecule has 6 nitrogen and oxygen atoms in total. The van der Waals surface area contributed by atoms with Crippen molar-refractivity contribution in [3.63, 3.8) is 0 Å². The van der Waals surface area contributed by atoms with Crippen LogP contribution in [0.25, 0.3) is 0 Å². The molecule has 2 rings (SSSR count). The molecule has 2 amide bonds. The van der Waals surface area contributed by atoms with Crippen LogP contribution >= 0.6 is 0 Å². The van der Waals surface area contributed by atoms with Crippen molar-refractivity contribution in [1.82, 2.24) is 5.43 Å². The van der Waals surface area contributed by atoms with Gasteiger partial charge in [0, 0.05) is 23.8 Å². The van der Waals surface area contributed by atoms with Gasteiger partial charge in [-0.2, -0.15) is 5.10 Å². The quantitative estimate of drug-likeness (QED) is 0.728. The van der Waals surface area contributed by atoms with Crippen molar-refractivity contribution in [2.45, 2.75) is 40.0 Å². The maximum absolute atomic E-state index is 12.1. The molecule has 1 aromatic rings. The van der Waals surface area contributed by atoms with E-state index in [2.05, 4.69) is 22.8 Å². The van der Waals surface area contributed by atoms with Crippen molar-refractivity contribution < 1.29 is 9.59 Å². The molecule has 0 aliphatic carbocycles. The normalized spacial score (nSPS) is 18.8. The molecule has 4 N–H and O–H groups in total. The summed E-state index contributed by atoms with van der Waals surface area (Å²) in [5.74, 6) is -0.116. The monoisotopic (exact) mass is 316 g/mol. The molecule has 0 fully saturated rings. The maximum Gasteiger partial charge on any atom is 0.240 e. The Kier molecular flexibility index (Phi) is 5.36. The Labute approximate surface area is 136 Å². The Morgan fingerprint density at radius 3 is 2.87 bits per heavy atom. The van der Waals surface area contributed by atoms with Crippen molar-refractivity contribution in [3.05, 3.63) is 23.8 Å². The van der Waals surface area contributed by atoms with Crippen molar-refractivity contribution in [1.29, 1.82) is 0 Å². The van der Waals surface area contributed by atoms with Gasteiger partial charge in [-0.3, -0.25) is 9.59 Å². The number of nitrogens with zero attached hydrogens (tertiary/aromatic N) is 1. The molecule has 0 saturated carbocycles. The number of hydrogen-bond acceptors (Lipinski definition) is 4. The number of carbonyl (C=O) groups is 2. The van der Waals surface area contributed by atoms with Crippen LogP contribution in [0.3, 0.4) is 0 Å². The molecule has 23 heavy (non-hydrogen) atoms. The number of hydrazone groups is 1. The molecule has 2 unspecified atom stereocenters. The molecule has 124 valence electrons. The highest BCUT2D eigenvalue weighted by Gasteiger charge is 2.22. The Morgan fingerprint density at radius 1 is 1.52 bits per heavy atom. The van der Waals surface area contributed by atoms with Crippen molar-refractivity contribution in [2.24, 2.45) is 16.9 Å². The highest BCUT2D eigenvalue weighted by atomic mass is 16.2. The van der Waals surface area contributed by atoms with Crippen LogP contribution in [0.2, 0.25) is 0 Å². The van der Waals surface area contributed by atoms with Gasteiger partial charge in [-0.05, 0) is 18.6 Å². The third-order valence-electron chi connectivity index (χ3n) is 4.03. The van der Waals surface area contributed by atoms with Gasteiger partial charge in [-0.1, -0.05) is 33.3 Å². The lowest BCUT2D eigenvalue weighted by Gasteiger charge is -2.20. The molecular weight excluding hydrogens is 292 g/mol. The van der Waals surface area contributed by atoms with Crippen LogP contribution in [0.15, 0.2) is 23.3 Å². The third kappa shape index (κ3) is 4.09. The van der Waals surface area contributed by atoms with E-state index in [-0.39, 0.29) is 23.7 Å². The minimum atomic E-state index is -0.0805. The maximum atomic E-state index is 12.1. The molecule has 1 aliphatic heterocycles. The van der Waals surface area contributed by atoms with Gasteiger partial charge in [0.1, 0.15) is 0 Å². The number of hydrogen-bond donors (Lipinski definition) is 3. The fourth-order valence-corrected chi connectivity index (χ4v) is 2.66. The molecule has 6 heteroatoms. The van der Waals surface area contributed by atoms with E-state index in [9.17, 15) is 9.59 Å². The first-order valence-corrected chi connectivity index (χ1v) is 7.99. The molecule has 2 atom stereocenters. The van der Waals surface area contributed by atoms with Crippen LogP contribution in [0, 0.1) is 11.8 Å². The fourth-order valence-electron chi connectivity index (χ4n) is 2.66. The van der Waals surface area contributed by atoms with Crippen LogP contribution in [0.1, 0.15) is 45.6 Å². The second-order valence-corrected chi connectivity index (χ2v) is 6.12. The highest BCUT2D eigenvalue weighted by molar-refractivity contribution is 6.07. The van der Waals surface area contributed by atoms with E-state index >= 15 is 0 Å². The van der Waals surface area contributed by atoms with E-state index in [4.69, 9.17) is 5.73 Å². The van der Waals surface area contributed by atoms with Crippen LogP contribution < -0.4 is 16.5 Å². The van der Waals surface area contributed by atoms with E-state index in [1.807, 2.05) is 19.9 Å². The Hall–Kier alpha value is -2.37. The van der Waals surface area contributed by atoms with Crippen molar-refractivity contribution in [2.75, 3.05) is 11.1 Å². The van der Waals surface area contributed by atoms with Gasteiger partial charge in [0.25, 0.3) is 0 Å². The summed E-state index contributed by atoms with van der Waals surface area (Å²) in [5.41, 5.74) is 11.3. The van der Waals surface area contributed by atoms with Gasteiger partial charge < -0.3 is 11.1 Å². The fraction of sp³-hybridized carbons (Fsp3) is 0.471. The predicted octanol–water partition coefficient (Wildman–Crippen LogP) is 2.50. The number of anilines is 2. The van der Waals surface area contributed by atoms with Crippen molar-refractivity contribution in [3.8, 4) is 0 Å². The number of nitrogens with two attached hydrogens (primary N) is 1. The van der Waals surface area contributed by atoms with E-state index in [1.165, 1.54) is 0 Å². The number of amides is 2. The van der Waals surface area contributed by atoms with E-state index < -0.39 is 0 Å². The lowest BCUT2D eigenvalue weighted by atomic mass is 9.93. The van der Waals surface area contributed by atoms with Crippen molar-refractivity contribution >= 4 is 28.9 Å². The van der Waals surface area contributed by atoms with Gasteiger partial charge in [0.15, 0.2) is 0 Å². The minimum absolute atomic E-state index is 0.0260. The van der Waals surface area contributed by atoms with Crippen LogP contribution in [-0.4, -0.2) is 17.5 Å². The van der Waals surface area contributed by atoms with E-state index in [0.717, 1.165) is 24.1 Å². The molecule has 1 aromatic carbocycles. The summed E-state index contributed by atoms with van der Waals surface area (Å²) >= 11 is 0. The molecule has 0 aromatic heterocycles. The van der Waals surface area contributed by atoms with Gasteiger partial charge in [0.2, 0.25) is 11.8 Å². The molecule has 1 aliphatic rings. The summed E-state index contributed by atoms with van der Waals surface area (Å²) in [7, 11) is 0. The first-order chi connectivity index (χ1) is 10.9. The molecule has 0 spiro atoms. The van der Waals surface area contributed by atoms with E-state index in [0.29, 0.717) is 17.8 Å². The lowest BCUT2D eigenvalue weighted by molar-refractivity contribution is -0.122. The standard InChI is InChI=1S/C17H24N4O2/c1-4-5-10(2)17(23)19-14-7-6-12(9-13(14)18)16-11(3)8-15(22)20-21-16/h6-7,9-11H,4-5,8,18H2,1-3H3,(H,19,23)(H,20,22).